The van der Waals surface area contributed by atoms with Gasteiger partial charge in [-0.05, 0) is 61.0 Å². The maximum Gasteiger partial charge on any atom is 0.294 e. The number of carbonyl (C=O) groups is 3. The first-order valence-electron chi connectivity index (χ1n) is 11.4. The lowest BCUT2D eigenvalue weighted by atomic mass is 10.1. The molecule has 3 amide bonds. The Morgan fingerprint density at radius 1 is 0.889 bits per heavy atom. The van der Waals surface area contributed by atoms with Gasteiger partial charge in [-0.15, -0.1) is 0 Å². The number of anilines is 1. The SMILES string of the molecule is Cc1cccc(C)c1NC(=O)CN1C(=O)S/C(=C/c2ccccc2OCCOc2ccccc2)C1=O. The number of hydrogen-bond acceptors (Lipinski definition) is 6. The molecular weight excluding hydrogens is 476 g/mol. The van der Waals surface area contributed by atoms with E-state index in [9.17, 15) is 14.4 Å². The molecule has 7 nitrogen and oxygen atoms in total. The molecule has 1 heterocycles. The molecule has 1 aliphatic heterocycles. The highest BCUT2D eigenvalue weighted by atomic mass is 32.2. The van der Waals surface area contributed by atoms with E-state index >= 15 is 0 Å². The maximum absolute atomic E-state index is 12.9. The van der Waals surface area contributed by atoms with Crippen LogP contribution < -0.4 is 14.8 Å². The molecule has 1 N–H and O–H groups in total. The average molecular weight is 503 g/mol. The van der Waals surface area contributed by atoms with Crippen molar-refractivity contribution in [3.63, 3.8) is 0 Å². The Morgan fingerprint density at radius 3 is 2.31 bits per heavy atom. The molecule has 36 heavy (non-hydrogen) atoms. The number of hydrogen-bond donors (Lipinski definition) is 1. The molecule has 8 heteroatoms. The molecule has 1 aliphatic rings. The predicted molar refractivity (Wildman–Crippen MR) is 141 cm³/mol. The second-order valence-electron chi connectivity index (χ2n) is 8.13. The van der Waals surface area contributed by atoms with Crippen LogP contribution in [0.15, 0.2) is 77.7 Å². The summed E-state index contributed by atoms with van der Waals surface area (Å²) in [5.74, 6) is 0.375. The quantitative estimate of drug-likeness (QED) is 0.310. The number of amides is 3. The first kappa shape index (κ1) is 25.1. The van der Waals surface area contributed by atoms with Gasteiger partial charge in [0.05, 0.1) is 4.91 Å². The third kappa shape index (κ3) is 6.14. The summed E-state index contributed by atoms with van der Waals surface area (Å²) < 4.78 is 11.5. The minimum atomic E-state index is -0.510. The average Bonchev–Trinajstić information content (AvgIpc) is 3.13. The minimum Gasteiger partial charge on any atom is -0.490 e. The molecule has 0 aromatic heterocycles. The van der Waals surface area contributed by atoms with Gasteiger partial charge in [-0.25, -0.2) is 0 Å². The van der Waals surface area contributed by atoms with Gasteiger partial charge in [0, 0.05) is 11.3 Å². The Labute approximate surface area is 214 Å². The van der Waals surface area contributed by atoms with Crippen LogP contribution in [-0.2, 0) is 9.59 Å². The molecule has 1 saturated heterocycles. The lowest BCUT2D eigenvalue weighted by molar-refractivity contribution is -0.127. The van der Waals surface area contributed by atoms with E-state index < -0.39 is 17.1 Å². The number of imide groups is 1. The molecule has 4 rings (SSSR count). The Bertz CT molecular complexity index is 1290. The number of aryl methyl sites for hydroxylation is 2. The van der Waals surface area contributed by atoms with Crippen LogP contribution in [0.1, 0.15) is 16.7 Å². The van der Waals surface area contributed by atoms with E-state index in [-0.39, 0.29) is 11.4 Å². The molecular formula is C28H26N2O5S. The fraction of sp³-hybridized carbons (Fsp3) is 0.179. The minimum absolute atomic E-state index is 0.233. The third-order valence-electron chi connectivity index (χ3n) is 5.48. The smallest absolute Gasteiger partial charge is 0.294 e. The summed E-state index contributed by atoms with van der Waals surface area (Å²) in [6.45, 7) is 4.08. The van der Waals surface area contributed by atoms with E-state index in [1.54, 1.807) is 18.2 Å². The van der Waals surface area contributed by atoms with Crippen LogP contribution in [0, 0.1) is 13.8 Å². The van der Waals surface area contributed by atoms with Crippen molar-refractivity contribution in [2.24, 2.45) is 0 Å². The van der Waals surface area contributed by atoms with Crippen molar-refractivity contribution in [1.82, 2.24) is 4.90 Å². The molecule has 1 fully saturated rings. The van der Waals surface area contributed by atoms with Gasteiger partial charge in [0.1, 0.15) is 31.3 Å². The highest BCUT2D eigenvalue weighted by Crippen LogP contribution is 2.34. The van der Waals surface area contributed by atoms with Crippen molar-refractivity contribution in [2.75, 3.05) is 25.1 Å². The van der Waals surface area contributed by atoms with E-state index in [2.05, 4.69) is 5.32 Å². The van der Waals surface area contributed by atoms with Crippen LogP contribution in [0.25, 0.3) is 6.08 Å². The molecule has 0 atom stereocenters. The summed E-state index contributed by atoms with van der Waals surface area (Å²) in [7, 11) is 0. The predicted octanol–water partition coefficient (Wildman–Crippen LogP) is 5.44. The number of nitrogens with zero attached hydrogens (tertiary/aromatic N) is 1. The zero-order valence-electron chi connectivity index (χ0n) is 20.0. The Balaban J connectivity index is 1.39. The molecule has 184 valence electrons. The van der Waals surface area contributed by atoms with Crippen LogP contribution in [0.4, 0.5) is 10.5 Å². The Hall–Kier alpha value is -4.04. The largest absolute Gasteiger partial charge is 0.490 e. The van der Waals surface area contributed by atoms with Crippen LogP contribution in [-0.4, -0.2) is 41.7 Å². The summed E-state index contributed by atoms with van der Waals surface area (Å²) in [6.07, 6.45) is 1.61. The molecule has 3 aromatic carbocycles. The molecule has 3 aromatic rings. The van der Waals surface area contributed by atoms with Gasteiger partial charge in [-0.2, -0.15) is 0 Å². The molecule has 0 spiro atoms. The summed E-state index contributed by atoms with van der Waals surface area (Å²) in [4.78, 5) is 39.3. The van der Waals surface area contributed by atoms with Crippen molar-refractivity contribution in [3.05, 3.63) is 94.4 Å². The normalized spacial score (nSPS) is 14.3. The van der Waals surface area contributed by atoms with Gasteiger partial charge >= 0.3 is 0 Å². The number of ether oxygens (including phenoxy) is 2. The summed E-state index contributed by atoms with van der Waals surface area (Å²) >= 11 is 0.804. The van der Waals surface area contributed by atoms with E-state index in [0.717, 1.165) is 33.5 Å². The molecule has 0 radical (unpaired) electrons. The van der Waals surface area contributed by atoms with Crippen molar-refractivity contribution >= 4 is 40.6 Å². The summed E-state index contributed by atoms with van der Waals surface area (Å²) in [6, 6.07) is 22.4. The number of nitrogens with one attached hydrogen (secondary N) is 1. The van der Waals surface area contributed by atoms with Crippen molar-refractivity contribution in [2.45, 2.75) is 13.8 Å². The van der Waals surface area contributed by atoms with Crippen LogP contribution in [0.2, 0.25) is 0 Å². The zero-order chi connectivity index (χ0) is 25.5. The lowest BCUT2D eigenvalue weighted by Crippen LogP contribution is -2.36. The summed E-state index contributed by atoms with van der Waals surface area (Å²) in [5, 5.41) is 2.33. The number of para-hydroxylation sites is 3. The highest BCUT2D eigenvalue weighted by molar-refractivity contribution is 8.18. The topological polar surface area (TPSA) is 84.9 Å². The number of benzene rings is 3. The van der Waals surface area contributed by atoms with E-state index in [1.165, 1.54) is 0 Å². The number of carbonyl (C=O) groups excluding carboxylic acids is 3. The van der Waals surface area contributed by atoms with Crippen molar-refractivity contribution in [3.8, 4) is 11.5 Å². The fourth-order valence-corrected chi connectivity index (χ4v) is 4.50. The Kier molecular flexibility index (Phi) is 8.07. The van der Waals surface area contributed by atoms with Crippen LogP contribution >= 0.6 is 11.8 Å². The molecule has 0 aliphatic carbocycles. The second-order valence-corrected chi connectivity index (χ2v) is 9.12. The highest BCUT2D eigenvalue weighted by Gasteiger charge is 2.36. The molecule has 0 unspecified atom stereocenters. The van der Waals surface area contributed by atoms with Gasteiger partial charge in [0.2, 0.25) is 5.91 Å². The van der Waals surface area contributed by atoms with E-state index in [4.69, 9.17) is 9.47 Å². The van der Waals surface area contributed by atoms with Crippen molar-refractivity contribution < 1.29 is 23.9 Å². The fourth-order valence-electron chi connectivity index (χ4n) is 3.67. The van der Waals surface area contributed by atoms with Gasteiger partial charge in [-0.1, -0.05) is 54.6 Å². The van der Waals surface area contributed by atoms with Crippen molar-refractivity contribution in [1.29, 1.82) is 0 Å². The summed E-state index contributed by atoms with van der Waals surface area (Å²) in [5.41, 5.74) is 3.15. The first-order chi connectivity index (χ1) is 17.4. The third-order valence-corrected chi connectivity index (χ3v) is 6.39. The van der Waals surface area contributed by atoms with Gasteiger partial charge in [0.15, 0.2) is 0 Å². The maximum atomic E-state index is 12.9. The first-order valence-corrected chi connectivity index (χ1v) is 12.2. The monoisotopic (exact) mass is 502 g/mol. The van der Waals surface area contributed by atoms with Gasteiger partial charge in [-0.3, -0.25) is 19.3 Å². The molecule has 0 bridgehead atoms. The van der Waals surface area contributed by atoms with Gasteiger partial charge < -0.3 is 14.8 Å². The zero-order valence-corrected chi connectivity index (χ0v) is 20.8. The van der Waals surface area contributed by atoms with Crippen LogP contribution in [0.3, 0.4) is 0 Å². The van der Waals surface area contributed by atoms with E-state index in [0.29, 0.717) is 30.2 Å². The van der Waals surface area contributed by atoms with Gasteiger partial charge in [0.25, 0.3) is 11.1 Å². The lowest BCUT2D eigenvalue weighted by Gasteiger charge is -2.15. The number of thioether (sulfide) groups is 1. The second kappa shape index (κ2) is 11.6. The number of rotatable bonds is 9. The Morgan fingerprint density at radius 2 is 1.56 bits per heavy atom. The standard InChI is InChI=1S/C28H26N2O5S/c1-19-9-8-10-20(2)26(19)29-25(31)18-30-27(32)24(36-28(30)33)17-21-11-6-7-14-23(21)35-16-15-34-22-12-4-3-5-13-22/h3-14,17H,15-16,18H2,1-2H3,(H,29,31)/b24-17+. The van der Waals surface area contributed by atoms with E-state index in [1.807, 2.05) is 74.5 Å². The van der Waals surface area contributed by atoms with Crippen LogP contribution in [0.5, 0.6) is 11.5 Å². The molecule has 0 saturated carbocycles.